The van der Waals surface area contributed by atoms with Crippen molar-refractivity contribution in [2.45, 2.75) is 44.2 Å². The molecule has 1 aromatic rings. The third-order valence-corrected chi connectivity index (χ3v) is 3.85. The van der Waals surface area contributed by atoms with Crippen molar-refractivity contribution in [3.05, 3.63) is 17.5 Å². The second kappa shape index (κ2) is 5.78. The van der Waals surface area contributed by atoms with Crippen molar-refractivity contribution in [3.63, 3.8) is 0 Å². The summed E-state index contributed by atoms with van der Waals surface area (Å²) in [5, 5.41) is 8.62. The van der Waals surface area contributed by atoms with E-state index in [1.165, 1.54) is 4.90 Å². The minimum Gasteiger partial charge on any atom is -0.361 e. The van der Waals surface area contributed by atoms with Crippen LogP contribution in [-0.4, -0.2) is 41.0 Å². The van der Waals surface area contributed by atoms with Gasteiger partial charge in [-0.1, -0.05) is 5.16 Å². The minimum atomic E-state index is -0.703. The summed E-state index contributed by atoms with van der Waals surface area (Å²) in [5.74, 6) is 0.718. The number of rotatable bonds is 4. The van der Waals surface area contributed by atoms with E-state index in [2.05, 4.69) is 15.8 Å². The molecule has 1 unspecified atom stereocenters. The third-order valence-electron chi connectivity index (χ3n) is 3.85. The molecule has 8 nitrogen and oxygen atoms in total. The standard InChI is InChI=1S/C14H18N4O4/c1-18(7-9-6-11(22-17-9)8-2-3-8)13(20)10-4-5-12(19)16-14(21)15-10/h6,8,10H,2-5,7H2,1H3,(H2,15,16,19,21). The number of nitrogens with one attached hydrogen (secondary N) is 2. The molecular formula is C14H18N4O4. The zero-order chi connectivity index (χ0) is 15.7. The van der Waals surface area contributed by atoms with E-state index < -0.39 is 12.1 Å². The van der Waals surface area contributed by atoms with Crippen LogP contribution < -0.4 is 10.6 Å². The minimum absolute atomic E-state index is 0.138. The van der Waals surface area contributed by atoms with Crippen LogP contribution in [0.5, 0.6) is 0 Å². The monoisotopic (exact) mass is 306 g/mol. The van der Waals surface area contributed by atoms with Gasteiger partial charge in [-0.05, 0) is 19.3 Å². The van der Waals surface area contributed by atoms with Gasteiger partial charge in [-0.25, -0.2) is 4.79 Å². The van der Waals surface area contributed by atoms with E-state index in [0.717, 1.165) is 18.6 Å². The van der Waals surface area contributed by atoms with Crippen LogP contribution >= 0.6 is 0 Å². The lowest BCUT2D eigenvalue weighted by atomic mass is 10.1. The van der Waals surface area contributed by atoms with Crippen molar-refractivity contribution >= 4 is 17.8 Å². The summed E-state index contributed by atoms with van der Waals surface area (Å²) in [6.07, 6.45) is 2.67. The molecular weight excluding hydrogens is 288 g/mol. The molecule has 1 atom stereocenters. The van der Waals surface area contributed by atoms with E-state index in [0.29, 0.717) is 18.2 Å². The summed E-state index contributed by atoms with van der Waals surface area (Å²) in [4.78, 5) is 36.6. The molecule has 2 heterocycles. The number of amides is 4. The van der Waals surface area contributed by atoms with Crippen LogP contribution in [0.3, 0.4) is 0 Å². The van der Waals surface area contributed by atoms with E-state index >= 15 is 0 Å². The van der Waals surface area contributed by atoms with Crippen LogP contribution in [0.25, 0.3) is 0 Å². The highest BCUT2D eigenvalue weighted by molar-refractivity contribution is 5.98. The second-order valence-electron chi connectivity index (χ2n) is 5.80. The van der Waals surface area contributed by atoms with Gasteiger partial charge in [0.2, 0.25) is 11.8 Å². The molecule has 1 saturated heterocycles. The van der Waals surface area contributed by atoms with Gasteiger partial charge in [0.1, 0.15) is 17.5 Å². The molecule has 2 N–H and O–H groups in total. The highest BCUT2D eigenvalue weighted by Gasteiger charge is 2.30. The Labute approximate surface area is 127 Å². The Morgan fingerprint density at radius 2 is 2.18 bits per heavy atom. The predicted octanol–water partition coefficient (Wildman–Crippen LogP) is 0.499. The Hall–Kier alpha value is -2.38. The number of nitrogens with zero attached hydrogens (tertiary/aromatic N) is 2. The lowest BCUT2D eigenvalue weighted by molar-refractivity contribution is -0.132. The van der Waals surface area contributed by atoms with Crippen LogP contribution in [0.2, 0.25) is 0 Å². The average molecular weight is 306 g/mol. The first-order chi connectivity index (χ1) is 10.5. The van der Waals surface area contributed by atoms with E-state index in [1.54, 1.807) is 7.05 Å². The predicted molar refractivity (Wildman–Crippen MR) is 74.6 cm³/mol. The molecule has 118 valence electrons. The van der Waals surface area contributed by atoms with Crippen LogP contribution in [0.4, 0.5) is 4.79 Å². The van der Waals surface area contributed by atoms with Crippen molar-refractivity contribution in [3.8, 4) is 0 Å². The maximum atomic E-state index is 12.4. The molecule has 0 aromatic carbocycles. The second-order valence-corrected chi connectivity index (χ2v) is 5.80. The highest BCUT2D eigenvalue weighted by Crippen LogP contribution is 2.40. The molecule has 1 aliphatic heterocycles. The molecule has 1 aliphatic carbocycles. The summed E-state index contributed by atoms with van der Waals surface area (Å²) in [6, 6.07) is 0.538. The molecule has 2 aliphatic rings. The Balaban J connectivity index is 1.60. The number of hydrogen-bond donors (Lipinski definition) is 2. The lowest BCUT2D eigenvalue weighted by Gasteiger charge is -2.22. The Morgan fingerprint density at radius 1 is 1.41 bits per heavy atom. The van der Waals surface area contributed by atoms with Gasteiger partial charge in [-0.2, -0.15) is 0 Å². The normalized spacial score (nSPS) is 21.8. The van der Waals surface area contributed by atoms with Crippen LogP contribution in [0.1, 0.15) is 43.1 Å². The summed E-state index contributed by atoms with van der Waals surface area (Å²) in [5.41, 5.74) is 0.687. The topological polar surface area (TPSA) is 105 Å². The number of carbonyl (C=O) groups excluding carboxylic acids is 3. The Morgan fingerprint density at radius 3 is 2.91 bits per heavy atom. The van der Waals surface area contributed by atoms with Gasteiger partial charge in [-0.15, -0.1) is 0 Å². The number of urea groups is 1. The molecule has 8 heteroatoms. The molecule has 0 spiro atoms. The number of hydrogen-bond acceptors (Lipinski definition) is 5. The first-order valence-electron chi connectivity index (χ1n) is 7.33. The molecule has 1 aromatic heterocycles. The summed E-state index contributed by atoms with van der Waals surface area (Å²) >= 11 is 0. The summed E-state index contributed by atoms with van der Waals surface area (Å²) in [7, 11) is 1.64. The first kappa shape index (κ1) is 14.6. The molecule has 4 amide bonds. The number of aromatic nitrogens is 1. The zero-order valence-corrected chi connectivity index (χ0v) is 12.3. The van der Waals surface area contributed by atoms with Crippen LogP contribution in [-0.2, 0) is 16.1 Å². The SMILES string of the molecule is CN(Cc1cc(C2CC2)on1)C(=O)C1CCC(=O)NC(=O)N1. The van der Waals surface area contributed by atoms with E-state index in [-0.39, 0.29) is 24.7 Å². The van der Waals surface area contributed by atoms with E-state index in [4.69, 9.17) is 4.52 Å². The maximum absolute atomic E-state index is 12.4. The quantitative estimate of drug-likeness (QED) is 0.843. The van der Waals surface area contributed by atoms with Gasteiger partial charge < -0.3 is 14.7 Å². The Bertz CT molecular complexity index is 608. The fraction of sp³-hybridized carbons (Fsp3) is 0.571. The van der Waals surface area contributed by atoms with E-state index in [9.17, 15) is 14.4 Å². The van der Waals surface area contributed by atoms with Crippen LogP contribution in [0, 0.1) is 0 Å². The molecule has 0 radical (unpaired) electrons. The number of likely N-dealkylation sites (N-methyl/N-ethyl adjacent to an activating group) is 1. The fourth-order valence-electron chi connectivity index (χ4n) is 2.47. The molecule has 22 heavy (non-hydrogen) atoms. The largest absolute Gasteiger partial charge is 0.361 e. The van der Waals surface area contributed by atoms with Gasteiger partial charge in [0.15, 0.2) is 0 Å². The van der Waals surface area contributed by atoms with Crippen molar-refractivity contribution in [2.24, 2.45) is 0 Å². The number of carbonyl (C=O) groups is 3. The first-order valence-corrected chi connectivity index (χ1v) is 7.33. The Kier molecular flexibility index (Phi) is 3.82. The molecule has 3 rings (SSSR count). The van der Waals surface area contributed by atoms with Crippen molar-refractivity contribution in [1.29, 1.82) is 0 Å². The zero-order valence-electron chi connectivity index (χ0n) is 12.3. The van der Waals surface area contributed by atoms with Crippen LogP contribution in [0.15, 0.2) is 10.6 Å². The highest BCUT2D eigenvalue weighted by atomic mass is 16.5. The number of imide groups is 1. The van der Waals surface area contributed by atoms with Gasteiger partial charge in [0, 0.05) is 25.5 Å². The molecule has 0 bridgehead atoms. The van der Waals surface area contributed by atoms with Gasteiger partial charge in [0.25, 0.3) is 0 Å². The smallest absolute Gasteiger partial charge is 0.322 e. The summed E-state index contributed by atoms with van der Waals surface area (Å²) in [6.45, 7) is 0.308. The maximum Gasteiger partial charge on any atom is 0.322 e. The third kappa shape index (κ3) is 3.26. The van der Waals surface area contributed by atoms with E-state index in [1.807, 2.05) is 6.07 Å². The van der Waals surface area contributed by atoms with Gasteiger partial charge in [0.05, 0.1) is 6.54 Å². The molecule has 1 saturated carbocycles. The average Bonchev–Trinajstić information content (AvgIpc) is 3.24. The van der Waals surface area contributed by atoms with Gasteiger partial charge >= 0.3 is 6.03 Å². The van der Waals surface area contributed by atoms with Crippen molar-refractivity contribution in [2.75, 3.05) is 7.05 Å². The van der Waals surface area contributed by atoms with Crippen molar-refractivity contribution < 1.29 is 18.9 Å². The fourth-order valence-corrected chi connectivity index (χ4v) is 2.47. The van der Waals surface area contributed by atoms with Gasteiger partial charge in [-0.3, -0.25) is 14.9 Å². The molecule has 2 fully saturated rings. The summed E-state index contributed by atoms with van der Waals surface area (Å²) < 4.78 is 5.25. The lowest BCUT2D eigenvalue weighted by Crippen LogP contribution is -2.48. The van der Waals surface area contributed by atoms with Crippen molar-refractivity contribution in [1.82, 2.24) is 20.7 Å².